The smallest absolute Gasteiger partial charge is 0.0683 e. The Morgan fingerprint density at radius 2 is 2.33 bits per heavy atom. The van der Waals surface area contributed by atoms with Gasteiger partial charge in [0.1, 0.15) is 0 Å². The van der Waals surface area contributed by atoms with Crippen molar-refractivity contribution in [2.45, 2.75) is 13.0 Å². The molecule has 4 heteroatoms. The first-order chi connectivity index (χ1) is 7.31. The maximum absolute atomic E-state index is 5.71. The number of nitrogens with two attached hydrogens (primary N) is 1. The number of nitrogens with one attached hydrogen (secondary N) is 1. The number of nitrogens with zero attached hydrogens (tertiary/aromatic N) is 2. The molecular weight excluding hydrogens is 188 g/mol. The molecule has 2 rings (SSSR count). The van der Waals surface area contributed by atoms with E-state index in [2.05, 4.69) is 10.4 Å². The molecule has 2 aromatic rings. The van der Waals surface area contributed by atoms with Crippen LogP contribution in [0.4, 0.5) is 5.69 Å². The van der Waals surface area contributed by atoms with Crippen LogP contribution in [0, 0.1) is 0 Å². The van der Waals surface area contributed by atoms with Crippen LogP contribution in [0.15, 0.2) is 24.4 Å². The Labute approximate surface area is 89.1 Å². The molecule has 3 N–H and O–H groups in total. The Bertz CT molecular complexity index is 447. The van der Waals surface area contributed by atoms with Crippen LogP contribution >= 0.6 is 0 Å². The predicted octanol–water partition coefficient (Wildman–Crippen LogP) is 1.23. The summed E-state index contributed by atoms with van der Waals surface area (Å²) in [6.07, 6.45) is 2.95. The van der Waals surface area contributed by atoms with E-state index in [1.54, 1.807) is 0 Å². The normalized spacial score (nSPS) is 11.0. The fourth-order valence-corrected chi connectivity index (χ4v) is 1.69. The van der Waals surface area contributed by atoms with Crippen molar-refractivity contribution in [3.63, 3.8) is 0 Å². The van der Waals surface area contributed by atoms with E-state index in [0.717, 1.165) is 36.1 Å². The van der Waals surface area contributed by atoms with E-state index in [0.29, 0.717) is 0 Å². The summed E-state index contributed by atoms with van der Waals surface area (Å²) >= 11 is 0. The highest BCUT2D eigenvalue weighted by atomic mass is 15.3. The van der Waals surface area contributed by atoms with Gasteiger partial charge in [0.25, 0.3) is 0 Å². The van der Waals surface area contributed by atoms with Gasteiger partial charge in [0.15, 0.2) is 0 Å². The highest BCUT2D eigenvalue weighted by Gasteiger charge is 2.01. The standard InChI is InChI=1S/C11H16N4/c1-13-5-2-6-15-11-4-3-10(12)7-9(11)8-14-15/h3-4,7-8,13H,2,5-6,12H2,1H3. The van der Waals surface area contributed by atoms with Gasteiger partial charge < -0.3 is 11.1 Å². The molecule has 0 radical (unpaired) electrons. The molecular formula is C11H16N4. The van der Waals surface area contributed by atoms with Crippen LogP contribution < -0.4 is 11.1 Å². The molecule has 0 aliphatic carbocycles. The van der Waals surface area contributed by atoms with E-state index in [9.17, 15) is 0 Å². The van der Waals surface area contributed by atoms with Gasteiger partial charge in [-0.25, -0.2) is 0 Å². The van der Waals surface area contributed by atoms with E-state index in [1.165, 1.54) is 0 Å². The minimum atomic E-state index is 0.789. The first-order valence-electron chi connectivity index (χ1n) is 5.17. The van der Waals surface area contributed by atoms with Gasteiger partial charge in [-0.2, -0.15) is 5.10 Å². The van der Waals surface area contributed by atoms with Crippen molar-refractivity contribution in [3.8, 4) is 0 Å². The van der Waals surface area contributed by atoms with E-state index >= 15 is 0 Å². The van der Waals surface area contributed by atoms with Crippen molar-refractivity contribution in [1.82, 2.24) is 15.1 Å². The van der Waals surface area contributed by atoms with Crippen molar-refractivity contribution in [3.05, 3.63) is 24.4 Å². The lowest BCUT2D eigenvalue weighted by molar-refractivity contribution is 0.577. The number of nitrogen functional groups attached to an aromatic ring is 1. The molecule has 0 fully saturated rings. The first kappa shape index (κ1) is 9.98. The Morgan fingerprint density at radius 1 is 1.47 bits per heavy atom. The van der Waals surface area contributed by atoms with E-state index in [4.69, 9.17) is 5.73 Å². The highest BCUT2D eigenvalue weighted by molar-refractivity contribution is 5.81. The molecule has 0 saturated carbocycles. The maximum Gasteiger partial charge on any atom is 0.0683 e. The summed E-state index contributed by atoms with van der Waals surface area (Å²) in [5.74, 6) is 0. The quantitative estimate of drug-likeness (QED) is 0.581. The minimum Gasteiger partial charge on any atom is -0.399 e. The molecule has 0 spiro atoms. The molecule has 0 unspecified atom stereocenters. The number of rotatable bonds is 4. The molecule has 1 aromatic carbocycles. The Morgan fingerprint density at radius 3 is 3.13 bits per heavy atom. The summed E-state index contributed by atoms with van der Waals surface area (Å²) in [4.78, 5) is 0. The summed E-state index contributed by atoms with van der Waals surface area (Å²) < 4.78 is 2.02. The number of hydrogen-bond acceptors (Lipinski definition) is 3. The summed E-state index contributed by atoms with van der Waals surface area (Å²) in [6.45, 7) is 1.95. The summed E-state index contributed by atoms with van der Waals surface area (Å²) in [5.41, 5.74) is 7.65. The van der Waals surface area contributed by atoms with Gasteiger partial charge in [-0.05, 0) is 38.2 Å². The van der Waals surface area contributed by atoms with Crippen molar-refractivity contribution in [2.75, 3.05) is 19.3 Å². The second kappa shape index (κ2) is 4.31. The van der Waals surface area contributed by atoms with Gasteiger partial charge in [0.2, 0.25) is 0 Å². The summed E-state index contributed by atoms with van der Waals surface area (Å²) in [5, 5.41) is 8.58. The fourth-order valence-electron chi connectivity index (χ4n) is 1.69. The van der Waals surface area contributed by atoms with Crippen LogP contribution in [0.1, 0.15) is 6.42 Å². The lowest BCUT2D eigenvalue weighted by atomic mass is 10.2. The Hall–Kier alpha value is -1.55. The molecule has 0 aliphatic rings. The molecule has 0 bridgehead atoms. The molecule has 0 aliphatic heterocycles. The van der Waals surface area contributed by atoms with Gasteiger partial charge in [-0.3, -0.25) is 4.68 Å². The van der Waals surface area contributed by atoms with Gasteiger partial charge in [-0.15, -0.1) is 0 Å². The zero-order valence-electron chi connectivity index (χ0n) is 8.90. The lowest BCUT2D eigenvalue weighted by Gasteiger charge is -2.03. The molecule has 80 valence electrons. The van der Waals surface area contributed by atoms with Gasteiger partial charge in [0.05, 0.1) is 11.7 Å². The lowest BCUT2D eigenvalue weighted by Crippen LogP contribution is -2.11. The van der Waals surface area contributed by atoms with Crippen molar-refractivity contribution >= 4 is 16.6 Å². The summed E-state index contributed by atoms with van der Waals surface area (Å²) in [6, 6.07) is 5.90. The zero-order chi connectivity index (χ0) is 10.7. The number of aryl methyl sites for hydroxylation is 1. The van der Waals surface area contributed by atoms with Gasteiger partial charge in [-0.1, -0.05) is 0 Å². The number of anilines is 1. The average molecular weight is 204 g/mol. The van der Waals surface area contributed by atoms with Crippen LogP contribution in [-0.2, 0) is 6.54 Å². The van der Waals surface area contributed by atoms with E-state index < -0.39 is 0 Å². The number of fused-ring (bicyclic) bond motifs is 1. The fraction of sp³-hybridized carbons (Fsp3) is 0.364. The van der Waals surface area contributed by atoms with Crippen LogP contribution in [0.25, 0.3) is 10.9 Å². The first-order valence-corrected chi connectivity index (χ1v) is 5.17. The van der Waals surface area contributed by atoms with Crippen LogP contribution in [0.5, 0.6) is 0 Å². The third-order valence-electron chi connectivity index (χ3n) is 2.46. The second-order valence-electron chi connectivity index (χ2n) is 3.64. The molecule has 1 heterocycles. The Kier molecular flexibility index (Phi) is 2.87. The topological polar surface area (TPSA) is 55.9 Å². The molecule has 15 heavy (non-hydrogen) atoms. The maximum atomic E-state index is 5.71. The predicted molar refractivity (Wildman–Crippen MR) is 62.7 cm³/mol. The minimum absolute atomic E-state index is 0.789. The number of benzene rings is 1. The average Bonchev–Trinajstić information content (AvgIpc) is 2.61. The zero-order valence-corrected chi connectivity index (χ0v) is 8.90. The van der Waals surface area contributed by atoms with E-state index in [-0.39, 0.29) is 0 Å². The highest BCUT2D eigenvalue weighted by Crippen LogP contribution is 2.16. The van der Waals surface area contributed by atoms with Crippen LogP contribution in [0.3, 0.4) is 0 Å². The van der Waals surface area contributed by atoms with Crippen LogP contribution in [-0.4, -0.2) is 23.4 Å². The van der Waals surface area contributed by atoms with Gasteiger partial charge >= 0.3 is 0 Å². The van der Waals surface area contributed by atoms with Crippen molar-refractivity contribution < 1.29 is 0 Å². The third-order valence-corrected chi connectivity index (χ3v) is 2.46. The van der Waals surface area contributed by atoms with Crippen molar-refractivity contribution in [2.24, 2.45) is 0 Å². The molecule has 0 saturated heterocycles. The second-order valence-corrected chi connectivity index (χ2v) is 3.64. The largest absolute Gasteiger partial charge is 0.399 e. The summed E-state index contributed by atoms with van der Waals surface area (Å²) in [7, 11) is 1.96. The van der Waals surface area contributed by atoms with Crippen LogP contribution in [0.2, 0.25) is 0 Å². The molecule has 0 amide bonds. The Balaban J connectivity index is 2.21. The van der Waals surface area contributed by atoms with Gasteiger partial charge in [0, 0.05) is 17.6 Å². The van der Waals surface area contributed by atoms with Crippen molar-refractivity contribution in [1.29, 1.82) is 0 Å². The molecule has 4 nitrogen and oxygen atoms in total. The number of aromatic nitrogens is 2. The molecule has 1 aromatic heterocycles. The number of hydrogen-bond donors (Lipinski definition) is 2. The SMILES string of the molecule is CNCCCn1ncc2cc(N)ccc21. The third kappa shape index (κ3) is 2.10. The van der Waals surface area contributed by atoms with E-state index in [1.807, 2.05) is 36.1 Å². The monoisotopic (exact) mass is 204 g/mol. The molecule has 0 atom stereocenters.